The Morgan fingerprint density at radius 1 is 0.935 bits per heavy atom. The predicted octanol–water partition coefficient (Wildman–Crippen LogP) is 5.74. The van der Waals surface area contributed by atoms with E-state index in [1.54, 1.807) is 56.5 Å². The minimum absolute atomic E-state index is 0.339. The molecule has 0 heterocycles. The van der Waals surface area contributed by atoms with Crippen LogP contribution in [0.3, 0.4) is 0 Å². The van der Waals surface area contributed by atoms with Crippen molar-refractivity contribution < 1.29 is 28.5 Å². The molecule has 0 unspecified atom stereocenters. The van der Waals surface area contributed by atoms with Gasteiger partial charge in [-0.3, -0.25) is 0 Å². The Kier molecular flexibility index (Phi) is 10.1. The van der Waals surface area contributed by atoms with Crippen LogP contribution in [-0.2, 0) is 9.53 Å². The first-order chi connectivity index (χ1) is 14.9. The highest BCUT2D eigenvalue weighted by molar-refractivity contribution is 9.10. The Morgan fingerprint density at radius 3 is 2.19 bits per heavy atom. The lowest BCUT2D eigenvalue weighted by molar-refractivity contribution is -0.139. The SMILES string of the molecule is C=C(C)C(=O)OCCCCCCOc1ccc(OC(=O)c2ccc(OC)c(Br)c2)cc1. The van der Waals surface area contributed by atoms with Crippen molar-refractivity contribution in [2.45, 2.75) is 32.6 Å². The van der Waals surface area contributed by atoms with Crippen molar-refractivity contribution in [1.82, 2.24) is 0 Å². The fraction of sp³-hybridized carbons (Fsp3) is 0.333. The molecule has 0 aliphatic carbocycles. The van der Waals surface area contributed by atoms with Crippen LogP contribution in [0.1, 0.15) is 43.0 Å². The molecule has 6 nitrogen and oxygen atoms in total. The number of esters is 2. The number of methoxy groups -OCH3 is 1. The number of ether oxygens (including phenoxy) is 4. The van der Waals surface area contributed by atoms with E-state index in [4.69, 9.17) is 18.9 Å². The first-order valence-corrected chi connectivity index (χ1v) is 10.8. The average Bonchev–Trinajstić information content (AvgIpc) is 2.76. The third-order valence-corrected chi connectivity index (χ3v) is 4.93. The van der Waals surface area contributed by atoms with E-state index in [0.29, 0.717) is 46.1 Å². The van der Waals surface area contributed by atoms with E-state index in [-0.39, 0.29) is 5.97 Å². The highest BCUT2D eigenvalue weighted by atomic mass is 79.9. The monoisotopic (exact) mass is 490 g/mol. The molecule has 2 rings (SSSR count). The van der Waals surface area contributed by atoms with E-state index < -0.39 is 5.97 Å². The molecule has 0 saturated carbocycles. The number of hydrogen-bond acceptors (Lipinski definition) is 6. The molecule has 31 heavy (non-hydrogen) atoms. The number of benzene rings is 2. The van der Waals surface area contributed by atoms with E-state index >= 15 is 0 Å². The lowest BCUT2D eigenvalue weighted by Crippen LogP contribution is -2.08. The molecule has 0 atom stereocenters. The van der Waals surface area contributed by atoms with Gasteiger partial charge < -0.3 is 18.9 Å². The molecular weight excluding hydrogens is 464 g/mol. The molecule has 2 aromatic rings. The molecule has 0 aliphatic rings. The van der Waals surface area contributed by atoms with Crippen LogP contribution in [0.4, 0.5) is 0 Å². The summed E-state index contributed by atoms with van der Waals surface area (Å²) in [4.78, 5) is 23.5. The van der Waals surface area contributed by atoms with Gasteiger partial charge in [0.15, 0.2) is 0 Å². The van der Waals surface area contributed by atoms with E-state index in [2.05, 4.69) is 22.5 Å². The summed E-state index contributed by atoms with van der Waals surface area (Å²) in [6, 6.07) is 11.9. The normalized spacial score (nSPS) is 10.3. The molecule has 0 spiro atoms. The third-order valence-electron chi connectivity index (χ3n) is 4.31. The molecule has 0 aromatic heterocycles. The van der Waals surface area contributed by atoms with Gasteiger partial charge >= 0.3 is 11.9 Å². The number of unbranched alkanes of at least 4 members (excludes halogenated alkanes) is 3. The topological polar surface area (TPSA) is 71.1 Å². The Morgan fingerprint density at radius 2 is 1.58 bits per heavy atom. The quantitative estimate of drug-likeness (QED) is 0.163. The molecule has 7 heteroatoms. The Hall–Kier alpha value is -2.80. The lowest BCUT2D eigenvalue weighted by atomic mass is 10.2. The van der Waals surface area contributed by atoms with E-state index in [1.807, 2.05) is 0 Å². The fourth-order valence-corrected chi connectivity index (χ4v) is 3.14. The van der Waals surface area contributed by atoms with Crippen molar-refractivity contribution in [3.63, 3.8) is 0 Å². The maximum Gasteiger partial charge on any atom is 0.343 e. The van der Waals surface area contributed by atoms with Crippen molar-refractivity contribution in [2.75, 3.05) is 20.3 Å². The second-order valence-corrected chi connectivity index (χ2v) is 7.74. The van der Waals surface area contributed by atoms with Gasteiger partial charge in [0.05, 0.1) is 30.4 Å². The molecule has 0 bridgehead atoms. The summed E-state index contributed by atoms with van der Waals surface area (Å²) in [5, 5.41) is 0. The standard InChI is InChI=1S/C24H27BrO6/c1-17(2)23(26)30-15-7-5-4-6-14-29-19-9-11-20(12-10-19)31-24(27)18-8-13-22(28-3)21(25)16-18/h8-13,16H,1,4-7,14-15H2,2-3H3. The molecule has 0 amide bonds. The predicted molar refractivity (Wildman–Crippen MR) is 122 cm³/mol. The zero-order valence-electron chi connectivity index (χ0n) is 17.8. The maximum atomic E-state index is 12.3. The highest BCUT2D eigenvalue weighted by Crippen LogP contribution is 2.26. The van der Waals surface area contributed by atoms with Gasteiger partial charge in [0, 0.05) is 5.57 Å². The maximum absolute atomic E-state index is 12.3. The van der Waals surface area contributed by atoms with Crippen LogP contribution in [0, 0.1) is 0 Å². The molecule has 0 fully saturated rings. The second-order valence-electron chi connectivity index (χ2n) is 6.89. The van der Waals surface area contributed by atoms with E-state index in [1.165, 1.54) is 0 Å². The van der Waals surface area contributed by atoms with Gasteiger partial charge in [0.25, 0.3) is 0 Å². The van der Waals surface area contributed by atoms with Gasteiger partial charge in [0.2, 0.25) is 0 Å². The molecule has 166 valence electrons. The van der Waals surface area contributed by atoms with Crippen molar-refractivity contribution in [3.05, 3.63) is 64.7 Å². The zero-order chi connectivity index (χ0) is 22.6. The largest absolute Gasteiger partial charge is 0.496 e. The summed E-state index contributed by atoms with van der Waals surface area (Å²) in [6.45, 7) is 6.18. The smallest absolute Gasteiger partial charge is 0.343 e. The lowest BCUT2D eigenvalue weighted by Gasteiger charge is -2.09. The van der Waals surface area contributed by atoms with Crippen LogP contribution >= 0.6 is 15.9 Å². The van der Waals surface area contributed by atoms with Crippen LogP contribution < -0.4 is 14.2 Å². The van der Waals surface area contributed by atoms with Crippen molar-refractivity contribution >= 4 is 27.9 Å². The summed E-state index contributed by atoms with van der Waals surface area (Å²) in [5.74, 6) is 1.00. The first kappa shape index (κ1) is 24.5. The van der Waals surface area contributed by atoms with E-state index in [0.717, 1.165) is 25.7 Å². The van der Waals surface area contributed by atoms with Crippen molar-refractivity contribution in [1.29, 1.82) is 0 Å². The summed E-state index contributed by atoms with van der Waals surface area (Å²) in [6.07, 6.45) is 3.67. The number of carbonyl (C=O) groups is 2. The van der Waals surface area contributed by atoms with Crippen molar-refractivity contribution in [3.8, 4) is 17.2 Å². The Balaban J connectivity index is 1.66. The molecule has 0 N–H and O–H groups in total. The fourth-order valence-electron chi connectivity index (χ4n) is 2.60. The minimum atomic E-state index is -0.453. The molecular formula is C24H27BrO6. The van der Waals surface area contributed by atoms with E-state index in [9.17, 15) is 9.59 Å². The van der Waals surface area contributed by atoms with Gasteiger partial charge in [-0.25, -0.2) is 9.59 Å². The Bertz CT molecular complexity index is 891. The molecule has 2 aromatic carbocycles. The number of hydrogen-bond donors (Lipinski definition) is 0. The van der Waals surface area contributed by atoms with Gasteiger partial charge in [-0.2, -0.15) is 0 Å². The highest BCUT2D eigenvalue weighted by Gasteiger charge is 2.11. The summed E-state index contributed by atoms with van der Waals surface area (Å²) in [7, 11) is 1.56. The van der Waals surface area contributed by atoms with Crippen LogP contribution in [-0.4, -0.2) is 32.3 Å². The summed E-state index contributed by atoms with van der Waals surface area (Å²) < 4.78 is 22.0. The number of carbonyl (C=O) groups excluding carboxylic acids is 2. The number of halogens is 1. The van der Waals surface area contributed by atoms with Gasteiger partial charge in [-0.15, -0.1) is 0 Å². The summed E-state index contributed by atoms with van der Waals surface area (Å²) >= 11 is 3.36. The third kappa shape index (κ3) is 8.45. The average molecular weight is 491 g/mol. The van der Waals surface area contributed by atoms with Crippen LogP contribution in [0.2, 0.25) is 0 Å². The van der Waals surface area contributed by atoms with Crippen LogP contribution in [0.5, 0.6) is 17.2 Å². The Labute approximate surface area is 191 Å². The molecule has 0 saturated heterocycles. The first-order valence-electron chi connectivity index (χ1n) is 10.0. The zero-order valence-corrected chi connectivity index (χ0v) is 19.4. The summed E-state index contributed by atoms with van der Waals surface area (Å²) in [5.41, 5.74) is 0.838. The molecule has 0 aliphatic heterocycles. The van der Waals surface area contributed by atoms with Gasteiger partial charge in [-0.05, 0) is 91.0 Å². The van der Waals surface area contributed by atoms with Crippen LogP contribution in [0.15, 0.2) is 59.1 Å². The second kappa shape index (κ2) is 12.8. The van der Waals surface area contributed by atoms with Gasteiger partial charge in [-0.1, -0.05) is 6.58 Å². The molecule has 0 radical (unpaired) electrons. The van der Waals surface area contributed by atoms with Crippen molar-refractivity contribution in [2.24, 2.45) is 0 Å². The van der Waals surface area contributed by atoms with Crippen LogP contribution in [0.25, 0.3) is 0 Å². The minimum Gasteiger partial charge on any atom is -0.496 e. The number of rotatable bonds is 12. The van der Waals surface area contributed by atoms with Gasteiger partial charge in [0.1, 0.15) is 17.2 Å².